The maximum Gasteiger partial charge on any atom is 0.247 e. The van der Waals surface area contributed by atoms with Crippen LogP contribution in [0.25, 0.3) is 0 Å². The third-order valence-electron chi connectivity index (χ3n) is 3.66. The fourth-order valence-electron chi connectivity index (χ4n) is 2.46. The van der Waals surface area contributed by atoms with Gasteiger partial charge in [-0.05, 0) is 31.4 Å². The van der Waals surface area contributed by atoms with Crippen LogP contribution in [0.1, 0.15) is 19.3 Å². The number of hydrogen-bond donors (Lipinski definition) is 0. The zero-order valence-electron chi connectivity index (χ0n) is 11.7. The number of piperidine rings is 1. The Labute approximate surface area is 119 Å². The molecule has 1 aliphatic heterocycles. The van der Waals surface area contributed by atoms with Gasteiger partial charge in [0.15, 0.2) is 5.82 Å². The smallest absolute Gasteiger partial charge is 0.247 e. The van der Waals surface area contributed by atoms with E-state index in [2.05, 4.69) is 32.2 Å². The van der Waals surface area contributed by atoms with Gasteiger partial charge in [0, 0.05) is 25.8 Å². The monoisotopic (exact) mass is 269 g/mol. The van der Waals surface area contributed by atoms with Crippen LogP contribution < -0.4 is 9.80 Å². The van der Waals surface area contributed by atoms with Crippen molar-refractivity contribution in [3.8, 4) is 0 Å². The normalized spacial score (nSPS) is 15.2. The minimum absolute atomic E-state index is 0.741. The second-order valence-corrected chi connectivity index (χ2v) is 5.06. The molecule has 0 spiro atoms. The standard InChI is InChI=1S/C15H19N5/c1-19(13-8-4-2-5-9-13)14-12-16-18-15(17-14)20-10-6-3-7-11-20/h2,4-5,8-9,12H,3,6-7,10-11H2,1H3. The topological polar surface area (TPSA) is 45.2 Å². The number of benzene rings is 1. The van der Waals surface area contributed by atoms with Gasteiger partial charge in [-0.25, -0.2) is 0 Å². The SMILES string of the molecule is CN(c1ccccc1)c1cnnc(N2CCCCC2)n1. The van der Waals surface area contributed by atoms with Crippen LogP contribution >= 0.6 is 0 Å². The molecule has 1 aliphatic rings. The average molecular weight is 269 g/mol. The molecular formula is C15H19N5. The van der Waals surface area contributed by atoms with Gasteiger partial charge >= 0.3 is 0 Å². The summed E-state index contributed by atoms with van der Waals surface area (Å²) in [6.07, 6.45) is 5.43. The summed E-state index contributed by atoms with van der Waals surface area (Å²) in [4.78, 5) is 8.90. The summed E-state index contributed by atoms with van der Waals surface area (Å²) in [5.74, 6) is 1.57. The molecule has 0 bridgehead atoms. The van der Waals surface area contributed by atoms with Gasteiger partial charge in [-0.3, -0.25) is 0 Å². The van der Waals surface area contributed by atoms with E-state index in [1.165, 1.54) is 19.3 Å². The van der Waals surface area contributed by atoms with Crippen molar-refractivity contribution < 1.29 is 0 Å². The fraction of sp³-hybridized carbons (Fsp3) is 0.400. The molecule has 1 fully saturated rings. The second kappa shape index (κ2) is 5.86. The van der Waals surface area contributed by atoms with Crippen LogP contribution in [0.5, 0.6) is 0 Å². The highest BCUT2D eigenvalue weighted by Crippen LogP contribution is 2.22. The summed E-state index contributed by atoms with van der Waals surface area (Å²) < 4.78 is 0. The van der Waals surface area contributed by atoms with E-state index in [1.54, 1.807) is 6.20 Å². The molecule has 2 heterocycles. The Morgan fingerprint density at radius 2 is 1.80 bits per heavy atom. The number of aromatic nitrogens is 3. The van der Waals surface area contributed by atoms with E-state index in [0.29, 0.717) is 0 Å². The number of anilines is 3. The van der Waals surface area contributed by atoms with Crippen LogP contribution in [0.3, 0.4) is 0 Å². The first-order valence-electron chi connectivity index (χ1n) is 7.08. The quantitative estimate of drug-likeness (QED) is 0.857. The van der Waals surface area contributed by atoms with Gasteiger partial charge in [-0.15, -0.1) is 5.10 Å². The van der Waals surface area contributed by atoms with E-state index < -0.39 is 0 Å². The Balaban J connectivity index is 1.83. The molecule has 3 rings (SSSR count). The van der Waals surface area contributed by atoms with Crippen molar-refractivity contribution in [2.75, 3.05) is 29.9 Å². The van der Waals surface area contributed by atoms with Gasteiger partial charge in [-0.1, -0.05) is 18.2 Å². The van der Waals surface area contributed by atoms with Crippen molar-refractivity contribution in [1.82, 2.24) is 15.2 Å². The molecule has 0 aliphatic carbocycles. The summed E-state index contributed by atoms with van der Waals surface area (Å²) in [6, 6.07) is 10.2. The second-order valence-electron chi connectivity index (χ2n) is 5.06. The first-order chi connectivity index (χ1) is 9.84. The lowest BCUT2D eigenvalue weighted by molar-refractivity contribution is 0.565. The van der Waals surface area contributed by atoms with Crippen molar-refractivity contribution in [2.45, 2.75) is 19.3 Å². The molecule has 0 N–H and O–H groups in total. The third kappa shape index (κ3) is 2.71. The fourth-order valence-corrected chi connectivity index (χ4v) is 2.46. The van der Waals surface area contributed by atoms with Gasteiger partial charge in [0.2, 0.25) is 5.95 Å². The lowest BCUT2D eigenvalue weighted by atomic mass is 10.1. The lowest BCUT2D eigenvalue weighted by Gasteiger charge is -2.27. The van der Waals surface area contributed by atoms with Crippen molar-refractivity contribution in [3.63, 3.8) is 0 Å². The molecule has 1 saturated heterocycles. The number of rotatable bonds is 3. The van der Waals surface area contributed by atoms with E-state index >= 15 is 0 Å². The average Bonchev–Trinajstić information content (AvgIpc) is 2.56. The number of hydrogen-bond acceptors (Lipinski definition) is 5. The summed E-state index contributed by atoms with van der Waals surface area (Å²) >= 11 is 0. The largest absolute Gasteiger partial charge is 0.339 e. The highest BCUT2D eigenvalue weighted by Gasteiger charge is 2.15. The molecule has 0 unspecified atom stereocenters. The molecule has 104 valence electrons. The molecule has 0 radical (unpaired) electrons. The van der Waals surface area contributed by atoms with Crippen molar-refractivity contribution >= 4 is 17.5 Å². The molecule has 1 aromatic heterocycles. The van der Waals surface area contributed by atoms with E-state index in [0.717, 1.165) is 30.5 Å². The number of para-hydroxylation sites is 1. The Morgan fingerprint density at radius 1 is 1.05 bits per heavy atom. The zero-order chi connectivity index (χ0) is 13.8. The molecule has 2 aromatic rings. The summed E-state index contributed by atoms with van der Waals surface area (Å²) in [5.41, 5.74) is 1.09. The molecule has 0 saturated carbocycles. The van der Waals surface area contributed by atoms with Crippen LogP contribution in [0.4, 0.5) is 17.5 Å². The maximum absolute atomic E-state index is 4.65. The van der Waals surface area contributed by atoms with Crippen LogP contribution in [0.15, 0.2) is 36.5 Å². The Bertz CT molecular complexity index is 551. The number of nitrogens with zero attached hydrogens (tertiary/aromatic N) is 5. The van der Waals surface area contributed by atoms with Gasteiger partial charge in [-0.2, -0.15) is 10.1 Å². The first kappa shape index (κ1) is 12.8. The Morgan fingerprint density at radius 3 is 2.55 bits per heavy atom. The van der Waals surface area contributed by atoms with E-state index in [-0.39, 0.29) is 0 Å². The first-order valence-corrected chi connectivity index (χ1v) is 7.08. The summed E-state index contributed by atoms with van der Waals surface area (Å²) in [7, 11) is 2.00. The highest BCUT2D eigenvalue weighted by atomic mass is 15.3. The molecule has 20 heavy (non-hydrogen) atoms. The zero-order valence-corrected chi connectivity index (χ0v) is 11.7. The van der Waals surface area contributed by atoms with E-state index in [4.69, 9.17) is 0 Å². The molecular weight excluding hydrogens is 250 g/mol. The maximum atomic E-state index is 4.65. The van der Waals surface area contributed by atoms with Crippen LogP contribution in [-0.2, 0) is 0 Å². The molecule has 1 aromatic carbocycles. The molecule has 0 atom stereocenters. The van der Waals surface area contributed by atoms with Gasteiger partial charge < -0.3 is 9.80 Å². The highest BCUT2D eigenvalue weighted by molar-refractivity contribution is 5.58. The van der Waals surface area contributed by atoms with Gasteiger partial charge in [0.25, 0.3) is 0 Å². The van der Waals surface area contributed by atoms with Crippen LogP contribution in [0.2, 0.25) is 0 Å². The van der Waals surface area contributed by atoms with Crippen LogP contribution in [0, 0.1) is 0 Å². The summed E-state index contributed by atoms with van der Waals surface area (Å²) in [5, 5.41) is 8.29. The Kier molecular flexibility index (Phi) is 3.76. The predicted molar refractivity (Wildman–Crippen MR) is 80.4 cm³/mol. The van der Waals surface area contributed by atoms with Crippen molar-refractivity contribution in [2.24, 2.45) is 0 Å². The van der Waals surface area contributed by atoms with Crippen molar-refractivity contribution in [1.29, 1.82) is 0 Å². The summed E-state index contributed by atoms with van der Waals surface area (Å²) in [6.45, 7) is 2.06. The van der Waals surface area contributed by atoms with Gasteiger partial charge in [0.05, 0.1) is 6.20 Å². The molecule has 5 heteroatoms. The van der Waals surface area contributed by atoms with Crippen LogP contribution in [-0.4, -0.2) is 35.3 Å². The Hall–Kier alpha value is -2.17. The molecule has 0 amide bonds. The van der Waals surface area contributed by atoms with E-state index in [1.807, 2.05) is 30.1 Å². The molecule has 5 nitrogen and oxygen atoms in total. The van der Waals surface area contributed by atoms with Crippen molar-refractivity contribution in [3.05, 3.63) is 36.5 Å². The minimum atomic E-state index is 0.741. The predicted octanol–water partition coefficient (Wildman–Crippen LogP) is 2.63. The van der Waals surface area contributed by atoms with Gasteiger partial charge in [0.1, 0.15) is 0 Å². The minimum Gasteiger partial charge on any atom is -0.339 e. The van der Waals surface area contributed by atoms with E-state index in [9.17, 15) is 0 Å². The third-order valence-corrected chi connectivity index (χ3v) is 3.66. The lowest BCUT2D eigenvalue weighted by Crippen LogP contribution is -2.31.